The van der Waals surface area contributed by atoms with Gasteiger partial charge in [-0.25, -0.2) is 4.79 Å². The highest BCUT2D eigenvalue weighted by Crippen LogP contribution is 2.22. The van der Waals surface area contributed by atoms with Crippen LogP contribution in [-0.4, -0.2) is 66.4 Å². The van der Waals surface area contributed by atoms with Gasteiger partial charge in [0.05, 0.1) is 12.6 Å². The third kappa shape index (κ3) is 4.14. The lowest BCUT2D eigenvalue weighted by molar-refractivity contribution is 0.00864. The lowest BCUT2D eigenvalue weighted by Gasteiger charge is -2.33. The van der Waals surface area contributed by atoms with E-state index >= 15 is 0 Å². The Balaban J connectivity index is 2.61. The molecule has 1 aliphatic rings. The number of aliphatic hydroxyl groups excluding tert-OH is 1. The summed E-state index contributed by atoms with van der Waals surface area (Å²) in [4.78, 5) is 15.7. The van der Waals surface area contributed by atoms with Crippen molar-refractivity contribution in [3.05, 3.63) is 0 Å². The lowest BCUT2D eigenvalue weighted by atomic mass is 9.98. The molecule has 0 radical (unpaired) electrons. The number of likely N-dealkylation sites (tertiary alicyclic amines) is 1. The molecule has 0 aromatic rings. The highest BCUT2D eigenvalue weighted by atomic mass is 16.6. The molecule has 5 nitrogen and oxygen atoms in total. The first-order valence-electron chi connectivity index (χ1n) is 6.50. The fourth-order valence-corrected chi connectivity index (χ4v) is 2.34. The van der Waals surface area contributed by atoms with Crippen LogP contribution < -0.4 is 0 Å². The molecule has 1 aliphatic heterocycles. The van der Waals surface area contributed by atoms with Crippen LogP contribution in [0.4, 0.5) is 4.79 Å². The summed E-state index contributed by atoms with van der Waals surface area (Å²) < 4.78 is 5.33. The summed E-state index contributed by atoms with van der Waals surface area (Å²) in [6.07, 6.45) is 0.644. The van der Waals surface area contributed by atoms with Crippen LogP contribution in [0.15, 0.2) is 0 Å². The molecule has 1 amide bonds. The maximum Gasteiger partial charge on any atom is 0.410 e. The van der Waals surface area contributed by atoms with Crippen LogP contribution in [0.1, 0.15) is 27.2 Å². The van der Waals surface area contributed by atoms with Gasteiger partial charge in [-0.05, 0) is 46.7 Å². The van der Waals surface area contributed by atoms with Crippen LogP contribution in [0.25, 0.3) is 0 Å². The van der Waals surface area contributed by atoms with Crippen LogP contribution in [0.2, 0.25) is 0 Å². The molecule has 0 aromatic heterocycles. The zero-order chi connectivity index (χ0) is 13.9. The van der Waals surface area contributed by atoms with E-state index in [1.807, 2.05) is 20.8 Å². The molecule has 0 aliphatic carbocycles. The molecule has 1 saturated heterocycles. The van der Waals surface area contributed by atoms with Crippen LogP contribution in [0, 0.1) is 5.92 Å². The Labute approximate surface area is 110 Å². The number of hydrogen-bond acceptors (Lipinski definition) is 4. The molecule has 106 valence electrons. The van der Waals surface area contributed by atoms with Crippen molar-refractivity contribution in [3.63, 3.8) is 0 Å². The Kier molecular flexibility index (Phi) is 4.99. The summed E-state index contributed by atoms with van der Waals surface area (Å²) in [5.41, 5.74) is -0.502. The molecule has 1 fully saturated rings. The van der Waals surface area contributed by atoms with E-state index in [1.54, 1.807) is 7.05 Å². The molecule has 0 saturated carbocycles. The van der Waals surface area contributed by atoms with Crippen molar-refractivity contribution in [2.75, 3.05) is 33.8 Å². The maximum absolute atomic E-state index is 12.0. The maximum atomic E-state index is 12.0. The van der Waals surface area contributed by atoms with Gasteiger partial charge >= 0.3 is 6.09 Å². The average Bonchev–Trinajstić information content (AvgIpc) is 2.63. The quantitative estimate of drug-likeness (QED) is 0.825. The van der Waals surface area contributed by atoms with Gasteiger partial charge in [0, 0.05) is 13.6 Å². The second-order valence-electron chi connectivity index (χ2n) is 6.15. The largest absolute Gasteiger partial charge is 0.444 e. The van der Waals surface area contributed by atoms with Crippen LogP contribution in [-0.2, 0) is 4.74 Å². The van der Waals surface area contributed by atoms with E-state index in [4.69, 9.17) is 4.74 Å². The first-order chi connectivity index (χ1) is 8.24. The summed E-state index contributed by atoms with van der Waals surface area (Å²) in [5.74, 6) is 0.317. The first kappa shape index (κ1) is 15.2. The molecule has 2 atom stereocenters. The summed E-state index contributed by atoms with van der Waals surface area (Å²) in [6.45, 7) is 7.44. The summed E-state index contributed by atoms with van der Waals surface area (Å²) in [5, 5.41) is 9.52. The number of nitrogens with zero attached hydrogens (tertiary/aromatic N) is 2. The smallest absolute Gasteiger partial charge is 0.410 e. The van der Waals surface area contributed by atoms with Gasteiger partial charge in [-0.2, -0.15) is 0 Å². The van der Waals surface area contributed by atoms with Crippen molar-refractivity contribution in [3.8, 4) is 0 Å². The van der Waals surface area contributed by atoms with E-state index in [2.05, 4.69) is 11.9 Å². The summed E-state index contributed by atoms with van der Waals surface area (Å²) in [6, 6.07) is -0.162. The second-order valence-corrected chi connectivity index (χ2v) is 6.15. The van der Waals surface area contributed by atoms with E-state index in [9.17, 15) is 9.90 Å². The van der Waals surface area contributed by atoms with Crippen LogP contribution in [0.3, 0.4) is 0 Å². The zero-order valence-corrected chi connectivity index (χ0v) is 12.1. The van der Waals surface area contributed by atoms with Gasteiger partial charge in [0.15, 0.2) is 0 Å². The highest BCUT2D eigenvalue weighted by molar-refractivity contribution is 5.68. The molecule has 5 heteroatoms. The van der Waals surface area contributed by atoms with Crippen molar-refractivity contribution in [2.24, 2.45) is 5.92 Å². The Morgan fingerprint density at radius 1 is 1.56 bits per heavy atom. The minimum absolute atomic E-state index is 0.0196. The zero-order valence-electron chi connectivity index (χ0n) is 12.1. The van der Waals surface area contributed by atoms with Crippen molar-refractivity contribution < 1.29 is 14.6 Å². The number of ether oxygens (including phenoxy) is 1. The van der Waals surface area contributed by atoms with Crippen molar-refractivity contribution in [2.45, 2.75) is 38.8 Å². The minimum atomic E-state index is -0.502. The number of likely N-dealkylation sites (N-methyl/N-ethyl adjacent to an activating group) is 1. The van der Waals surface area contributed by atoms with Crippen LogP contribution >= 0.6 is 0 Å². The fourth-order valence-electron chi connectivity index (χ4n) is 2.34. The number of hydrogen-bond donors (Lipinski definition) is 1. The molecule has 1 N–H and O–H groups in total. The average molecular weight is 258 g/mol. The third-order valence-electron chi connectivity index (χ3n) is 3.34. The molecule has 0 spiro atoms. The Bertz CT molecular complexity index is 288. The third-order valence-corrected chi connectivity index (χ3v) is 3.34. The Hall–Kier alpha value is -0.810. The number of carbonyl (C=O) groups excluding carboxylic acids is 1. The molecular weight excluding hydrogens is 232 g/mol. The first-order valence-corrected chi connectivity index (χ1v) is 6.50. The van der Waals surface area contributed by atoms with Crippen molar-refractivity contribution in [1.82, 2.24) is 9.80 Å². The fraction of sp³-hybridized carbons (Fsp3) is 0.923. The van der Waals surface area contributed by atoms with E-state index in [-0.39, 0.29) is 18.7 Å². The van der Waals surface area contributed by atoms with Crippen LogP contribution in [0.5, 0.6) is 0 Å². The Morgan fingerprint density at radius 2 is 2.17 bits per heavy atom. The number of rotatable bonds is 3. The van der Waals surface area contributed by atoms with Gasteiger partial charge in [0.2, 0.25) is 0 Å². The monoisotopic (exact) mass is 258 g/mol. The number of amides is 1. The second kappa shape index (κ2) is 5.89. The Morgan fingerprint density at radius 3 is 2.56 bits per heavy atom. The topological polar surface area (TPSA) is 53.0 Å². The minimum Gasteiger partial charge on any atom is -0.444 e. The molecule has 0 bridgehead atoms. The van der Waals surface area contributed by atoms with Gasteiger partial charge in [-0.1, -0.05) is 0 Å². The summed E-state index contributed by atoms with van der Waals surface area (Å²) >= 11 is 0. The van der Waals surface area contributed by atoms with E-state index in [0.29, 0.717) is 5.92 Å². The molecular formula is C13H26N2O3. The van der Waals surface area contributed by atoms with Gasteiger partial charge < -0.3 is 19.6 Å². The van der Waals surface area contributed by atoms with Gasteiger partial charge in [0.25, 0.3) is 0 Å². The molecule has 2 unspecified atom stereocenters. The highest BCUT2D eigenvalue weighted by Gasteiger charge is 2.33. The standard InChI is InChI=1S/C13H26N2O3/c1-13(2,3)18-12(17)15(5)11(9-16)10-6-7-14(4)8-10/h10-11,16H,6-9H2,1-5H3. The van der Waals surface area contributed by atoms with Crippen molar-refractivity contribution in [1.29, 1.82) is 0 Å². The van der Waals surface area contributed by atoms with Gasteiger partial charge in [0.1, 0.15) is 5.60 Å². The molecule has 1 heterocycles. The SMILES string of the molecule is CN1CCC(C(CO)N(C)C(=O)OC(C)(C)C)C1. The predicted molar refractivity (Wildman–Crippen MR) is 70.5 cm³/mol. The van der Waals surface area contributed by atoms with E-state index < -0.39 is 5.60 Å². The molecule has 0 aromatic carbocycles. The number of carbonyl (C=O) groups is 1. The van der Waals surface area contributed by atoms with Gasteiger partial charge in [-0.15, -0.1) is 0 Å². The molecule has 1 rings (SSSR count). The van der Waals surface area contributed by atoms with E-state index in [0.717, 1.165) is 19.5 Å². The van der Waals surface area contributed by atoms with Crippen molar-refractivity contribution >= 4 is 6.09 Å². The molecule has 18 heavy (non-hydrogen) atoms. The number of aliphatic hydroxyl groups is 1. The lowest BCUT2D eigenvalue weighted by Crippen LogP contribution is -2.47. The van der Waals surface area contributed by atoms with Gasteiger partial charge in [-0.3, -0.25) is 0 Å². The summed E-state index contributed by atoms with van der Waals surface area (Å²) in [7, 11) is 3.76. The van der Waals surface area contributed by atoms with E-state index in [1.165, 1.54) is 4.90 Å². The predicted octanol–water partition coefficient (Wildman–Crippen LogP) is 1.17. The normalized spacial score (nSPS) is 22.9.